The highest BCUT2D eigenvalue weighted by molar-refractivity contribution is 7.27. The molecule has 0 aliphatic heterocycles. The van der Waals surface area contributed by atoms with E-state index in [1.165, 1.54) is 19.1 Å². The predicted octanol–water partition coefficient (Wildman–Crippen LogP) is 4.49. The van der Waals surface area contributed by atoms with Gasteiger partial charge in [0.25, 0.3) is 0 Å². The van der Waals surface area contributed by atoms with E-state index >= 15 is 0 Å². The van der Waals surface area contributed by atoms with Gasteiger partial charge in [0.2, 0.25) is 0 Å². The maximum Gasteiger partial charge on any atom is 0.388 e. The fourth-order valence-electron chi connectivity index (χ4n) is 2.75. The van der Waals surface area contributed by atoms with Gasteiger partial charge in [-0.25, -0.2) is 9.59 Å². The number of halogens is 1. The fourth-order valence-corrected chi connectivity index (χ4v) is 2.94. The SMILES string of the molecule is CC.Cc1cc(OC(C)C(=O)OF)cc2oc(=O)cc(-c3ccc(P)cc3)c12. The lowest BCUT2D eigenvalue weighted by molar-refractivity contribution is -0.191. The minimum atomic E-state index is -1.14. The zero-order chi connectivity index (χ0) is 20.8. The maximum atomic E-state index is 12.0. The number of fused-ring (bicyclic) bond motifs is 1. The third-order valence-corrected chi connectivity index (χ3v) is 4.34. The van der Waals surface area contributed by atoms with Crippen molar-refractivity contribution in [3.8, 4) is 16.9 Å². The van der Waals surface area contributed by atoms with Crippen LogP contribution in [-0.2, 0) is 9.74 Å². The predicted molar refractivity (Wildman–Crippen MR) is 111 cm³/mol. The Labute approximate surface area is 164 Å². The van der Waals surface area contributed by atoms with E-state index in [9.17, 15) is 14.1 Å². The van der Waals surface area contributed by atoms with Gasteiger partial charge >= 0.3 is 11.6 Å². The van der Waals surface area contributed by atoms with Gasteiger partial charge in [0, 0.05) is 27.6 Å². The van der Waals surface area contributed by atoms with Crippen molar-refractivity contribution in [2.24, 2.45) is 0 Å². The quantitative estimate of drug-likeness (QED) is 0.474. The van der Waals surface area contributed by atoms with Crippen LogP contribution in [0.3, 0.4) is 0 Å². The Bertz CT molecular complexity index is 1030. The van der Waals surface area contributed by atoms with Crippen LogP contribution in [0.2, 0.25) is 0 Å². The molecule has 3 rings (SSSR count). The molecule has 1 heterocycles. The second kappa shape index (κ2) is 9.47. The van der Waals surface area contributed by atoms with Gasteiger partial charge in [0.05, 0.1) is 0 Å². The first-order valence-electron chi connectivity index (χ1n) is 8.82. The molecule has 2 atom stereocenters. The lowest BCUT2D eigenvalue weighted by atomic mass is 9.98. The van der Waals surface area contributed by atoms with Gasteiger partial charge in [-0.05, 0) is 36.3 Å². The number of carbonyl (C=O) groups is 1. The van der Waals surface area contributed by atoms with Crippen LogP contribution in [0, 0.1) is 6.92 Å². The average molecular weight is 404 g/mol. The highest BCUT2D eigenvalue weighted by Gasteiger charge is 2.19. The fraction of sp³-hybridized carbons (Fsp3) is 0.238. The van der Waals surface area contributed by atoms with E-state index in [0.29, 0.717) is 5.58 Å². The summed E-state index contributed by atoms with van der Waals surface area (Å²) in [6.45, 7) is 7.19. The van der Waals surface area contributed by atoms with Crippen LogP contribution in [0.1, 0.15) is 26.3 Å². The zero-order valence-electron chi connectivity index (χ0n) is 16.1. The van der Waals surface area contributed by atoms with Crippen LogP contribution in [0.25, 0.3) is 22.1 Å². The first-order valence-corrected chi connectivity index (χ1v) is 9.40. The van der Waals surface area contributed by atoms with Crippen LogP contribution < -0.4 is 15.7 Å². The van der Waals surface area contributed by atoms with Crippen LogP contribution in [-0.4, -0.2) is 12.1 Å². The number of ether oxygens (including phenoxy) is 1. The van der Waals surface area contributed by atoms with E-state index < -0.39 is 17.7 Å². The minimum absolute atomic E-state index is 0.272. The Morgan fingerprint density at radius 1 is 1.14 bits per heavy atom. The lowest BCUT2D eigenvalue weighted by Gasteiger charge is -2.14. The molecule has 0 aliphatic rings. The summed E-state index contributed by atoms with van der Waals surface area (Å²) in [4.78, 5) is 26.4. The number of carbonyl (C=O) groups excluding carboxylic acids is 1. The molecule has 28 heavy (non-hydrogen) atoms. The van der Waals surface area contributed by atoms with Gasteiger partial charge in [-0.1, -0.05) is 38.1 Å². The number of benzene rings is 2. The summed E-state index contributed by atoms with van der Waals surface area (Å²) in [5.41, 5.74) is 2.21. The average Bonchev–Trinajstić information content (AvgIpc) is 2.68. The van der Waals surface area contributed by atoms with E-state index in [-0.39, 0.29) is 5.75 Å². The first kappa shape index (κ1) is 21.6. The Hall–Kier alpha value is -2.72. The van der Waals surface area contributed by atoms with Gasteiger partial charge in [-0.2, -0.15) is 0 Å². The van der Waals surface area contributed by atoms with Crippen LogP contribution in [0.4, 0.5) is 4.53 Å². The standard InChI is InChI=1S/C19H16FO5P.C2H6/c1-10-7-13(23-11(2)19(22)25-20)8-16-18(10)15(9-17(21)24-16)12-3-5-14(26)6-4-12;1-2/h3-9,11H,26H2,1-2H3;1-2H3. The molecule has 0 bridgehead atoms. The maximum absolute atomic E-state index is 12.0. The second-order valence-electron chi connectivity index (χ2n) is 5.87. The van der Waals surface area contributed by atoms with E-state index in [1.54, 1.807) is 6.07 Å². The van der Waals surface area contributed by atoms with E-state index in [0.717, 1.165) is 27.4 Å². The third kappa shape index (κ3) is 4.76. The van der Waals surface area contributed by atoms with Crippen molar-refractivity contribution in [1.82, 2.24) is 0 Å². The molecule has 3 aromatic rings. The van der Waals surface area contributed by atoms with E-state index in [2.05, 4.69) is 14.2 Å². The minimum Gasteiger partial charge on any atom is -0.479 e. The molecular weight excluding hydrogens is 382 g/mol. The zero-order valence-corrected chi connectivity index (χ0v) is 17.3. The number of rotatable bonds is 4. The third-order valence-electron chi connectivity index (χ3n) is 3.96. The van der Waals surface area contributed by atoms with Crippen molar-refractivity contribution in [3.05, 3.63) is 58.4 Å². The van der Waals surface area contributed by atoms with Crippen LogP contribution in [0.5, 0.6) is 5.75 Å². The molecule has 2 aromatic carbocycles. The molecule has 0 saturated carbocycles. The molecule has 0 amide bonds. The second-order valence-corrected chi connectivity index (χ2v) is 6.54. The van der Waals surface area contributed by atoms with Crippen molar-refractivity contribution in [2.45, 2.75) is 33.8 Å². The molecule has 148 valence electrons. The van der Waals surface area contributed by atoms with Crippen molar-refractivity contribution in [3.63, 3.8) is 0 Å². The van der Waals surface area contributed by atoms with E-state index in [1.807, 2.05) is 45.0 Å². The summed E-state index contributed by atoms with van der Waals surface area (Å²) >= 11 is 0. The topological polar surface area (TPSA) is 65.7 Å². The van der Waals surface area contributed by atoms with Crippen molar-refractivity contribution >= 4 is 31.5 Å². The molecule has 0 spiro atoms. The number of hydrogen-bond donors (Lipinski definition) is 0. The summed E-state index contributed by atoms with van der Waals surface area (Å²) in [7, 11) is 2.61. The Morgan fingerprint density at radius 2 is 1.79 bits per heavy atom. The number of hydrogen-bond acceptors (Lipinski definition) is 5. The van der Waals surface area contributed by atoms with Crippen molar-refractivity contribution in [2.75, 3.05) is 0 Å². The Kier molecular flexibility index (Phi) is 7.30. The van der Waals surface area contributed by atoms with Crippen LogP contribution in [0.15, 0.2) is 51.7 Å². The Balaban J connectivity index is 0.00000136. The molecule has 5 nitrogen and oxygen atoms in total. The first-order chi connectivity index (χ1) is 13.4. The molecule has 1 aromatic heterocycles. The Morgan fingerprint density at radius 3 is 2.39 bits per heavy atom. The van der Waals surface area contributed by atoms with Gasteiger partial charge in [0.1, 0.15) is 11.3 Å². The normalized spacial score (nSPS) is 11.4. The van der Waals surface area contributed by atoms with Gasteiger partial charge in [-0.3, -0.25) is 4.94 Å². The molecule has 0 fully saturated rings. The summed E-state index contributed by atoms with van der Waals surface area (Å²) in [5, 5.41) is 1.79. The van der Waals surface area contributed by atoms with Crippen molar-refractivity contribution in [1.29, 1.82) is 0 Å². The summed E-state index contributed by atoms with van der Waals surface area (Å²) < 4.78 is 22.7. The molecule has 7 heteroatoms. The monoisotopic (exact) mass is 404 g/mol. The molecule has 2 unspecified atom stereocenters. The molecule has 0 N–H and O–H groups in total. The molecule has 0 aliphatic carbocycles. The molecular formula is C21H22FO5P. The van der Waals surface area contributed by atoms with Gasteiger partial charge < -0.3 is 9.15 Å². The van der Waals surface area contributed by atoms with Gasteiger partial charge in [0.15, 0.2) is 6.10 Å². The van der Waals surface area contributed by atoms with Gasteiger partial charge in [-0.15, -0.1) is 9.24 Å². The van der Waals surface area contributed by atoms with Crippen LogP contribution >= 0.6 is 9.24 Å². The van der Waals surface area contributed by atoms with E-state index in [4.69, 9.17) is 9.15 Å². The largest absolute Gasteiger partial charge is 0.479 e. The van der Waals surface area contributed by atoms with Crippen molar-refractivity contribution < 1.29 is 23.4 Å². The number of aryl methyl sites for hydroxylation is 1. The summed E-state index contributed by atoms with van der Waals surface area (Å²) in [6, 6.07) is 12.3. The lowest BCUT2D eigenvalue weighted by Crippen LogP contribution is -2.24. The highest BCUT2D eigenvalue weighted by Crippen LogP contribution is 2.33. The smallest absolute Gasteiger partial charge is 0.388 e. The molecule has 0 saturated heterocycles. The summed E-state index contributed by atoms with van der Waals surface area (Å²) in [6.07, 6.45) is -1.14. The summed E-state index contributed by atoms with van der Waals surface area (Å²) in [5.74, 6) is -0.871. The highest BCUT2D eigenvalue weighted by atomic mass is 31.0. The molecule has 0 radical (unpaired) electrons.